The fraction of sp³-hybridized carbons (Fsp3) is 0.750. The first-order chi connectivity index (χ1) is 5.24. The first kappa shape index (κ1) is 11.3. The molecule has 1 saturated carbocycles. The van der Waals surface area contributed by atoms with Crippen LogP contribution in [-0.2, 0) is 14.3 Å². The van der Waals surface area contributed by atoms with E-state index in [1.54, 1.807) is 0 Å². The van der Waals surface area contributed by atoms with Crippen LogP contribution in [0.15, 0.2) is 0 Å². The Kier molecular flexibility index (Phi) is 4.70. The molecule has 0 bridgehead atoms. The standard InChI is InChI=1S/C8H12O3.HO/c1-2-11-6-3-4-7(9)8(10)5-6;/h6H,2-5H2,1H3;1H. The molecule has 0 heterocycles. The van der Waals surface area contributed by atoms with Crippen molar-refractivity contribution in [1.82, 2.24) is 0 Å². The van der Waals surface area contributed by atoms with Crippen LogP contribution in [0.2, 0.25) is 0 Å². The second-order valence-corrected chi connectivity index (χ2v) is 2.67. The number of ether oxygens (including phenoxy) is 1. The van der Waals surface area contributed by atoms with Gasteiger partial charge in [-0.25, -0.2) is 0 Å². The minimum absolute atomic E-state index is 0. The predicted molar refractivity (Wildman–Crippen MR) is 41.2 cm³/mol. The van der Waals surface area contributed by atoms with E-state index in [0.717, 1.165) is 0 Å². The molecule has 1 aliphatic rings. The molecule has 1 atom stereocenters. The summed E-state index contributed by atoms with van der Waals surface area (Å²) in [5, 5.41) is 0. The molecule has 4 heteroatoms. The van der Waals surface area contributed by atoms with Crippen molar-refractivity contribution >= 4 is 11.6 Å². The smallest absolute Gasteiger partial charge is 0.200 e. The van der Waals surface area contributed by atoms with Crippen LogP contribution in [0.5, 0.6) is 0 Å². The molecule has 0 aliphatic heterocycles. The Hall–Kier alpha value is -0.740. The maximum atomic E-state index is 10.8. The van der Waals surface area contributed by atoms with E-state index in [0.29, 0.717) is 19.4 Å². The quantitative estimate of drug-likeness (QED) is 0.619. The number of hydrogen-bond acceptors (Lipinski definition) is 3. The second-order valence-electron chi connectivity index (χ2n) is 2.67. The van der Waals surface area contributed by atoms with Crippen molar-refractivity contribution in [3.63, 3.8) is 0 Å². The Labute approximate surface area is 71.2 Å². The molecule has 0 amide bonds. The number of ketones is 2. The summed E-state index contributed by atoms with van der Waals surface area (Å²) in [7, 11) is 0. The van der Waals surface area contributed by atoms with E-state index in [4.69, 9.17) is 4.74 Å². The van der Waals surface area contributed by atoms with Gasteiger partial charge in [0.05, 0.1) is 6.10 Å². The number of Topliss-reactive ketones (excluding diaryl/α,β-unsaturated/α-hetero) is 2. The third-order valence-corrected chi connectivity index (χ3v) is 1.82. The van der Waals surface area contributed by atoms with E-state index in [2.05, 4.69) is 0 Å². The average Bonchev–Trinajstić information content (AvgIpc) is 1.98. The molecular weight excluding hydrogens is 160 g/mol. The molecule has 1 radical (unpaired) electrons. The lowest BCUT2D eigenvalue weighted by Gasteiger charge is -2.19. The summed E-state index contributed by atoms with van der Waals surface area (Å²) >= 11 is 0. The Bertz CT molecular complexity index is 176. The normalized spacial score (nSPS) is 23.6. The molecule has 1 rings (SSSR count). The summed E-state index contributed by atoms with van der Waals surface area (Å²) in [6.07, 6.45) is 1.35. The lowest BCUT2D eigenvalue weighted by atomic mass is 9.95. The van der Waals surface area contributed by atoms with Crippen LogP contribution in [0.4, 0.5) is 0 Å². The van der Waals surface area contributed by atoms with Gasteiger partial charge in [0, 0.05) is 19.4 Å². The van der Waals surface area contributed by atoms with E-state index in [-0.39, 0.29) is 29.6 Å². The van der Waals surface area contributed by atoms with Gasteiger partial charge in [0.1, 0.15) is 0 Å². The van der Waals surface area contributed by atoms with Gasteiger partial charge in [-0.2, -0.15) is 0 Å². The maximum Gasteiger partial charge on any atom is 0.200 e. The summed E-state index contributed by atoms with van der Waals surface area (Å²) in [6, 6.07) is 0. The molecule has 4 nitrogen and oxygen atoms in total. The van der Waals surface area contributed by atoms with Crippen LogP contribution < -0.4 is 0 Å². The Morgan fingerprint density at radius 2 is 2.08 bits per heavy atom. The molecule has 1 N–H and O–H groups in total. The lowest BCUT2D eigenvalue weighted by Crippen LogP contribution is -2.29. The zero-order valence-electron chi connectivity index (χ0n) is 7.08. The van der Waals surface area contributed by atoms with Crippen molar-refractivity contribution in [2.24, 2.45) is 0 Å². The SMILES string of the molecule is CCOC1CCC(=O)C(=O)C1.[OH]. The van der Waals surface area contributed by atoms with Crippen LogP contribution in [0, 0.1) is 0 Å². The monoisotopic (exact) mass is 173 g/mol. The van der Waals surface area contributed by atoms with E-state index in [1.165, 1.54) is 0 Å². The van der Waals surface area contributed by atoms with Gasteiger partial charge in [-0.15, -0.1) is 0 Å². The molecule has 0 aromatic carbocycles. The number of hydrogen-bond donors (Lipinski definition) is 1. The highest BCUT2D eigenvalue weighted by Gasteiger charge is 2.26. The summed E-state index contributed by atoms with van der Waals surface area (Å²) in [6.45, 7) is 2.51. The third-order valence-electron chi connectivity index (χ3n) is 1.82. The van der Waals surface area contributed by atoms with Crippen LogP contribution in [0.1, 0.15) is 26.2 Å². The summed E-state index contributed by atoms with van der Waals surface area (Å²) in [4.78, 5) is 21.6. The van der Waals surface area contributed by atoms with Gasteiger partial charge in [-0.3, -0.25) is 15.1 Å². The van der Waals surface area contributed by atoms with Crippen molar-refractivity contribution in [1.29, 1.82) is 0 Å². The molecule has 1 unspecified atom stereocenters. The molecular formula is C8H13O4. The first-order valence-electron chi connectivity index (χ1n) is 3.91. The van der Waals surface area contributed by atoms with Gasteiger partial charge in [-0.05, 0) is 13.3 Å². The van der Waals surface area contributed by atoms with Crippen molar-refractivity contribution in [3.8, 4) is 0 Å². The number of carbonyl (C=O) groups is 2. The minimum atomic E-state index is -0.269. The molecule has 0 spiro atoms. The molecule has 0 aromatic heterocycles. The minimum Gasteiger partial charge on any atom is -0.378 e. The van der Waals surface area contributed by atoms with Crippen LogP contribution in [0.25, 0.3) is 0 Å². The molecule has 0 saturated heterocycles. The summed E-state index contributed by atoms with van der Waals surface area (Å²) < 4.78 is 5.23. The van der Waals surface area contributed by atoms with Crippen molar-refractivity contribution < 1.29 is 19.8 Å². The second kappa shape index (κ2) is 5.00. The highest BCUT2D eigenvalue weighted by Crippen LogP contribution is 2.14. The Morgan fingerprint density at radius 3 is 2.58 bits per heavy atom. The van der Waals surface area contributed by atoms with Crippen molar-refractivity contribution in [2.45, 2.75) is 32.3 Å². The average molecular weight is 173 g/mol. The fourth-order valence-electron chi connectivity index (χ4n) is 1.23. The molecule has 12 heavy (non-hydrogen) atoms. The highest BCUT2D eigenvalue weighted by molar-refractivity contribution is 6.37. The van der Waals surface area contributed by atoms with Gasteiger partial charge in [0.25, 0.3) is 0 Å². The van der Waals surface area contributed by atoms with Gasteiger partial charge in [-0.1, -0.05) is 0 Å². The van der Waals surface area contributed by atoms with E-state index >= 15 is 0 Å². The largest absolute Gasteiger partial charge is 0.378 e. The van der Waals surface area contributed by atoms with Crippen LogP contribution in [0.3, 0.4) is 0 Å². The van der Waals surface area contributed by atoms with Crippen molar-refractivity contribution in [3.05, 3.63) is 0 Å². The fourth-order valence-corrected chi connectivity index (χ4v) is 1.23. The Morgan fingerprint density at radius 1 is 1.42 bits per heavy atom. The van der Waals surface area contributed by atoms with Gasteiger partial charge >= 0.3 is 0 Å². The zero-order valence-corrected chi connectivity index (χ0v) is 7.08. The van der Waals surface area contributed by atoms with Gasteiger partial charge < -0.3 is 4.74 Å². The van der Waals surface area contributed by atoms with E-state index in [1.807, 2.05) is 6.92 Å². The molecule has 1 aliphatic carbocycles. The molecule has 69 valence electrons. The lowest BCUT2D eigenvalue weighted by molar-refractivity contribution is -0.141. The highest BCUT2D eigenvalue weighted by atomic mass is 16.5. The van der Waals surface area contributed by atoms with Crippen molar-refractivity contribution in [2.75, 3.05) is 6.61 Å². The number of rotatable bonds is 2. The van der Waals surface area contributed by atoms with Crippen LogP contribution in [-0.4, -0.2) is 29.8 Å². The topological polar surface area (TPSA) is 73.4 Å². The Balaban J connectivity index is 0.00000121. The van der Waals surface area contributed by atoms with E-state index in [9.17, 15) is 9.59 Å². The van der Waals surface area contributed by atoms with Crippen LogP contribution >= 0.6 is 0 Å². The zero-order chi connectivity index (χ0) is 8.27. The molecule has 1 fully saturated rings. The summed E-state index contributed by atoms with van der Waals surface area (Å²) in [5.41, 5.74) is 0. The maximum absolute atomic E-state index is 10.8. The van der Waals surface area contributed by atoms with Gasteiger partial charge in [0.15, 0.2) is 5.78 Å². The third kappa shape index (κ3) is 2.71. The predicted octanol–water partition coefficient (Wildman–Crippen LogP) is 0.537. The van der Waals surface area contributed by atoms with E-state index < -0.39 is 0 Å². The molecule has 0 aromatic rings. The summed E-state index contributed by atoms with van der Waals surface area (Å²) in [5.74, 6) is -0.504. The van der Waals surface area contributed by atoms with Gasteiger partial charge in [0.2, 0.25) is 5.78 Å². The number of carbonyl (C=O) groups excluding carboxylic acids is 2. The first-order valence-corrected chi connectivity index (χ1v) is 3.91.